The molecule has 96 valence electrons. The van der Waals surface area contributed by atoms with Gasteiger partial charge in [0.15, 0.2) is 0 Å². The summed E-state index contributed by atoms with van der Waals surface area (Å²) in [6, 6.07) is 0.679. The summed E-state index contributed by atoms with van der Waals surface area (Å²) in [4.78, 5) is 0. The van der Waals surface area contributed by atoms with Crippen LogP contribution >= 0.6 is 23.5 Å². The molecule has 3 unspecified atom stereocenters. The van der Waals surface area contributed by atoms with E-state index in [0.717, 1.165) is 15.1 Å². The highest BCUT2D eigenvalue weighted by Gasteiger charge is 2.46. The Kier molecular flexibility index (Phi) is 5.49. The number of nitrogens with zero attached hydrogens (tertiary/aromatic N) is 1. The Morgan fingerprint density at radius 3 is 2.12 bits per heavy atom. The molecule has 0 radical (unpaired) electrons. The first-order valence-corrected chi connectivity index (χ1v) is 8.56. The number of hydrogen-bond donors (Lipinski definition) is 1. The SMILES string of the molecule is CC[N+](CC)(NC1SC1SC)C(C)C(C)C. The summed E-state index contributed by atoms with van der Waals surface area (Å²) < 4.78 is 1.84. The molecule has 0 bridgehead atoms. The predicted octanol–water partition coefficient (Wildman–Crippen LogP) is 3.15. The topological polar surface area (TPSA) is 12.0 Å². The summed E-state index contributed by atoms with van der Waals surface area (Å²) in [5.41, 5.74) is 3.87. The van der Waals surface area contributed by atoms with E-state index in [1.807, 2.05) is 11.8 Å². The van der Waals surface area contributed by atoms with Crippen molar-refractivity contribution in [2.45, 2.75) is 50.6 Å². The summed E-state index contributed by atoms with van der Waals surface area (Å²) in [7, 11) is 0. The van der Waals surface area contributed by atoms with Crippen molar-refractivity contribution in [3.8, 4) is 0 Å². The maximum atomic E-state index is 3.87. The largest absolute Gasteiger partial charge is 0.243 e. The van der Waals surface area contributed by atoms with Crippen LogP contribution in [-0.4, -0.2) is 39.9 Å². The monoisotopic (exact) mass is 263 g/mol. The van der Waals surface area contributed by atoms with Gasteiger partial charge in [-0.3, -0.25) is 0 Å². The Morgan fingerprint density at radius 2 is 1.81 bits per heavy atom. The fourth-order valence-corrected chi connectivity index (χ4v) is 4.27. The van der Waals surface area contributed by atoms with E-state index in [-0.39, 0.29) is 0 Å². The van der Waals surface area contributed by atoms with Crippen molar-refractivity contribution in [2.24, 2.45) is 5.92 Å². The zero-order valence-corrected chi connectivity index (χ0v) is 13.1. The van der Waals surface area contributed by atoms with Crippen LogP contribution in [0.2, 0.25) is 0 Å². The van der Waals surface area contributed by atoms with Gasteiger partial charge in [0.2, 0.25) is 0 Å². The van der Waals surface area contributed by atoms with Gasteiger partial charge in [0, 0.05) is 5.92 Å². The van der Waals surface area contributed by atoms with Crippen LogP contribution in [0.4, 0.5) is 0 Å². The molecule has 1 rings (SSSR count). The first kappa shape index (κ1) is 14.7. The molecule has 1 N–H and O–H groups in total. The number of thioether (sulfide) groups is 2. The van der Waals surface area contributed by atoms with Gasteiger partial charge >= 0.3 is 0 Å². The fourth-order valence-electron chi connectivity index (χ4n) is 2.29. The molecule has 0 aromatic rings. The van der Waals surface area contributed by atoms with Gasteiger partial charge in [-0.2, -0.15) is 5.43 Å². The number of hydrogen-bond acceptors (Lipinski definition) is 3. The van der Waals surface area contributed by atoms with E-state index < -0.39 is 0 Å². The molecule has 1 fully saturated rings. The molecule has 0 saturated carbocycles. The normalized spacial score (nSPS) is 27.2. The summed E-state index contributed by atoms with van der Waals surface area (Å²) in [5.74, 6) is 0.726. The van der Waals surface area contributed by atoms with Gasteiger partial charge in [0.1, 0.15) is 11.4 Å². The van der Waals surface area contributed by atoms with E-state index in [0.29, 0.717) is 11.4 Å². The van der Waals surface area contributed by atoms with Gasteiger partial charge < -0.3 is 0 Å². The highest BCUT2D eigenvalue weighted by molar-refractivity contribution is 8.23. The van der Waals surface area contributed by atoms with Crippen molar-refractivity contribution in [3.63, 3.8) is 0 Å². The molecular weight excluding hydrogens is 236 g/mol. The molecule has 1 heterocycles. The smallest absolute Gasteiger partial charge is 0.123 e. The Labute approximate surface area is 109 Å². The van der Waals surface area contributed by atoms with Crippen LogP contribution in [-0.2, 0) is 0 Å². The zero-order valence-electron chi connectivity index (χ0n) is 11.5. The molecule has 3 atom stereocenters. The Balaban J connectivity index is 2.64. The lowest BCUT2D eigenvalue weighted by Gasteiger charge is -2.43. The van der Waals surface area contributed by atoms with Crippen LogP contribution in [0, 0.1) is 5.92 Å². The van der Waals surface area contributed by atoms with Crippen LogP contribution in [0.1, 0.15) is 34.6 Å². The fraction of sp³-hybridized carbons (Fsp3) is 1.00. The highest BCUT2D eigenvalue weighted by atomic mass is 32.2. The van der Waals surface area contributed by atoms with E-state index in [9.17, 15) is 0 Å². The lowest BCUT2D eigenvalue weighted by atomic mass is 10.0. The minimum atomic E-state index is 0.663. The van der Waals surface area contributed by atoms with Gasteiger partial charge in [-0.1, -0.05) is 13.8 Å². The van der Waals surface area contributed by atoms with E-state index in [4.69, 9.17) is 0 Å². The number of rotatable bonds is 7. The maximum absolute atomic E-state index is 3.87. The summed E-state index contributed by atoms with van der Waals surface area (Å²) in [6.45, 7) is 14.0. The molecular formula is C12H27N2S2+. The van der Waals surface area contributed by atoms with Crippen molar-refractivity contribution in [2.75, 3.05) is 19.3 Å². The van der Waals surface area contributed by atoms with Crippen molar-refractivity contribution in [1.29, 1.82) is 0 Å². The van der Waals surface area contributed by atoms with Crippen LogP contribution < -0.4 is 5.43 Å². The number of quaternary nitrogens is 1. The van der Waals surface area contributed by atoms with Gasteiger partial charge in [0.05, 0.1) is 17.7 Å². The second-order valence-corrected chi connectivity index (χ2v) is 7.51. The maximum Gasteiger partial charge on any atom is 0.123 e. The molecule has 4 heteroatoms. The molecule has 1 aliphatic rings. The van der Waals surface area contributed by atoms with Crippen molar-refractivity contribution >= 4 is 23.5 Å². The van der Waals surface area contributed by atoms with Crippen molar-refractivity contribution in [3.05, 3.63) is 0 Å². The molecule has 0 spiro atoms. The third-order valence-electron chi connectivity index (χ3n) is 3.94. The molecule has 1 aliphatic heterocycles. The molecule has 1 saturated heterocycles. The van der Waals surface area contributed by atoms with Crippen LogP contribution in [0.15, 0.2) is 0 Å². The van der Waals surface area contributed by atoms with Gasteiger partial charge in [-0.15, -0.1) is 23.5 Å². The molecule has 0 aliphatic carbocycles. The van der Waals surface area contributed by atoms with Gasteiger partial charge in [-0.05, 0) is 27.0 Å². The highest BCUT2D eigenvalue weighted by Crippen LogP contribution is 2.47. The zero-order chi connectivity index (χ0) is 12.3. The molecule has 2 nitrogen and oxygen atoms in total. The second kappa shape index (κ2) is 5.98. The first-order chi connectivity index (χ1) is 7.50. The average Bonchev–Trinajstić information content (AvgIpc) is 3.03. The van der Waals surface area contributed by atoms with Crippen LogP contribution in [0.3, 0.4) is 0 Å². The minimum Gasteiger partial charge on any atom is -0.243 e. The number of nitrogens with one attached hydrogen (secondary N) is 1. The van der Waals surface area contributed by atoms with Crippen molar-refractivity contribution in [1.82, 2.24) is 5.43 Å². The summed E-state index contributed by atoms with van der Waals surface area (Å²) in [5, 5.41) is 0.663. The third-order valence-corrected chi connectivity index (χ3v) is 6.66. The molecule has 16 heavy (non-hydrogen) atoms. The second-order valence-electron chi connectivity index (χ2n) is 4.94. The van der Waals surface area contributed by atoms with Crippen LogP contribution in [0.5, 0.6) is 0 Å². The molecule has 0 aromatic carbocycles. The quantitative estimate of drug-likeness (QED) is 0.430. The van der Waals surface area contributed by atoms with Crippen molar-refractivity contribution < 1.29 is 4.59 Å². The Hall–Kier alpha value is 0.620. The lowest BCUT2D eigenvalue weighted by molar-refractivity contribution is -0.990. The van der Waals surface area contributed by atoms with E-state index in [1.54, 1.807) is 0 Å². The van der Waals surface area contributed by atoms with Gasteiger partial charge in [-0.25, -0.2) is 4.59 Å². The van der Waals surface area contributed by atoms with Gasteiger partial charge in [0.25, 0.3) is 0 Å². The van der Waals surface area contributed by atoms with E-state index >= 15 is 0 Å². The van der Waals surface area contributed by atoms with E-state index in [1.165, 1.54) is 13.1 Å². The third kappa shape index (κ3) is 3.09. The van der Waals surface area contributed by atoms with E-state index in [2.05, 4.69) is 58.1 Å². The minimum absolute atomic E-state index is 0.663. The standard InChI is InChI=1S/C12H27N2S2/c1-7-14(8-2,10(5)9(3)4)13-11-12(15-6)16-11/h9-13H,7-8H2,1-6H3/q+1. The molecule has 0 amide bonds. The summed E-state index contributed by atoms with van der Waals surface area (Å²) >= 11 is 4.03. The summed E-state index contributed by atoms with van der Waals surface area (Å²) in [6.07, 6.45) is 2.21. The Bertz CT molecular complexity index is 217. The van der Waals surface area contributed by atoms with Crippen LogP contribution in [0.25, 0.3) is 0 Å². The molecule has 0 aromatic heterocycles. The predicted molar refractivity (Wildman–Crippen MR) is 77.5 cm³/mol. The Morgan fingerprint density at radius 1 is 1.25 bits per heavy atom. The lowest BCUT2D eigenvalue weighted by Crippen LogP contribution is -2.65. The average molecular weight is 263 g/mol. The first-order valence-electron chi connectivity index (χ1n) is 6.33.